The molecule has 0 spiro atoms. The summed E-state index contributed by atoms with van der Waals surface area (Å²) in [4.78, 5) is 24.9. The van der Waals surface area contributed by atoms with Crippen LogP contribution in [0.15, 0.2) is 47.3 Å². The van der Waals surface area contributed by atoms with Crippen molar-refractivity contribution in [3.63, 3.8) is 0 Å². The van der Waals surface area contributed by atoms with Gasteiger partial charge in [-0.1, -0.05) is 42.9 Å². The predicted octanol–water partition coefficient (Wildman–Crippen LogP) is 3.64. The molecule has 1 fully saturated rings. The molecule has 10 heteroatoms. The van der Waals surface area contributed by atoms with Gasteiger partial charge in [0, 0.05) is 36.7 Å². The quantitative estimate of drug-likeness (QED) is 0.500. The molecule has 0 heterocycles. The number of amides is 3. The van der Waals surface area contributed by atoms with E-state index < -0.39 is 118 Å². The summed E-state index contributed by atoms with van der Waals surface area (Å²) in [6.45, 7) is -3.35. The van der Waals surface area contributed by atoms with Crippen molar-refractivity contribution in [2.45, 2.75) is 49.2 Å². The third-order valence-corrected chi connectivity index (χ3v) is 5.23. The largest absolute Gasteiger partial charge is 0.496 e. The molecular formula is C23H28ClN3O5S. The summed E-state index contributed by atoms with van der Waals surface area (Å²) in [6.07, 6.45) is -23.1. The summed E-state index contributed by atoms with van der Waals surface area (Å²) in [5, 5.41) is 2.37. The van der Waals surface area contributed by atoms with Gasteiger partial charge in [0.2, 0.25) is 0 Å². The highest BCUT2D eigenvalue weighted by molar-refractivity contribution is 7.90. The monoisotopic (exact) mass is 511 g/mol. The van der Waals surface area contributed by atoms with Crippen molar-refractivity contribution in [1.29, 1.82) is 0 Å². The SMILES string of the molecule is [2H]c1c([2H])c(OC)c(C(=O)NC([2H])([2H])C([2H])([2H])c2ccc(S(=O)(=O)NC(=O)NC3([2H])C([2H])([2H])C([2H])([2H])C([2H])([2H])C([2H])([2H])C3([2H])[2H])cc2)c([2H])c1Cl. The van der Waals surface area contributed by atoms with Gasteiger partial charge in [0.1, 0.15) is 5.75 Å². The fourth-order valence-corrected chi connectivity index (χ4v) is 3.31. The number of aryl methyl sites for hydroxylation is 1. The van der Waals surface area contributed by atoms with E-state index >= 15 is 0 Å². The van der Waals surface area contributed by atoms with E-state index in [4.69, 9.17) is 41.0 Å². The van der Waals surface area contributed by atoms with Crippen LogP contribution in [0.4, 0.5) is 4.79 Å². The second-order valence-electron chi connectivity index (χ2n) is 5.89. The molecule has 178 valence electrons. The molecular weight excluding hydrogens is 466 g/mol. The standard InChI is InChI=1S/C23H28ClN3O5S/c1-32-21-12-9-17(24)15-20(21)22(28)25-14-13-16-7-10-19(11-8-16)33(30,31)27-23(29)26-18-5-3-2-4-6-18/h7-12,15,18H,2-6,13-14H2,1H3,(H,25,28)(H2,26,27,29)/i2D2,3D2,4D2,5D2,6D2,9D,12D,13D2,14D2,15D,18D. The number of methoxy groups -OCH3 is 1. The zero-order valence-electron chi connectivity index (χ0n) is 34.6. The lowest BCUT2D eigenvalue weighted by Crippen LogP contribution is -2.45. The number of hydrogen-bond acceptors (Lipinski definition) is 5. The number of ether oxygens (including phenoxy) is 1. The average molecular weight is 512 g/mol. The number of hydrogen-bond donors (Lipinski definition) is 3. The zero-order chi connectivity index (χ0) is 39.9. The molecule has 3 rings (SSSR count). The van der Waals surface area contributed by atoms with Crippen molar-refractivity contribution in [1.82, 2.24) is 15.4 Å². The maximum atomic E-state index is 13.0. The lowest BCUT2D eigenvalue weighted by molar-refractivity contribution is 0.0951. The van der Waals surface area contributed by atoms with E-state index in [1.807, 2.05) is 0 Å². The smallest absolute Gasteiger partial charge is 0.328 e. The number of carbonyl (C=O) groups excluding carboxylic acids is 2. The third kappa shape index (κ3) is 7.10. The Kier molecular flexibility index (Phi) is 3.53. The van der Waals surface area contributed by atoms with Crippen LogP contribution in [-0.2, 0) is 16.4 Å². The van der Waals surface area contributed by atoms with Crippen molar-refractivity contribution >= 4 is 33.6 Å². The summed E-state index contributed by atoms with van der Waals surface area (Å²) in [6, 6.07) is -5.53. The highest BCUT2D eigenvalue weighted by Crippen LogP contribution is 2.22. The van der Waals surface area contributed by atoms with E-state index in [1.54, 1.807) is 5.32 Å². The summed E-state index contributed by atoms with van der Waals surface area (Å²) in [7, 11) is -4.09. The van der Waals surface area contributed by atoms with Gasteiger partial charge in [0.15, 0.2) is 0 Å². The molecule has 8 nitrogen and oxygen atoms in total. The predicted molar refractivity (Wildman–Crippen MR) is 126 cm³/mol. The third-order valence-electron chi connectivity index (χ3n) is 3.69. The van der Waals surface area contributed by atoms with Crippen LogP contribution in [0.1, 0.15) is 72.5 Å². The Morgan fingerprint density at radius 3 is 2.61 bits per heavy atom. The van der Waals surface area contributed by atoms with Gasteiger partial charge in [0.05, 0.1) is 23.1 Å². The Balaban J connectivity index is 1.90. The average Bonchev–Trinajstić information content (AvgIpc) is 2.99. The van der Waals surface area contributed by atoms with Crippen LogP contribution in [0, 0.1) is 0 Å². The first kappa shape index (κ1) is 10.2. The van der Waals surface area contributed by atoms with Crippen LogP contribution >= 0.6 is 11.6 Å². The number of benzene rings is 2. The van der Waals surface area contributed by atoms with Gasteiger partial charge in [-0.05, 0) is 54.9 Å². The first-order valence-corrected chi connectivity index (χ1v) is 10.6. The number of carbonyl (C=O) groups is 2. The zero-order valence-corrected chi connectivity index (χ0v) is 18.2. The molecule has 2 aromatic rings. The summed E-state index contributed by atoms with van der Waals surface area (Å²) >= 11 is 5.85. The highest BCUT2D eigenvalue weighted by Gasteiger charge is 2.21. The van der Waals surface area contributed by atoms with Crippen LogP contribution in [0.5, 0.6) is 5.75 Å². The summed E-state index contributed by atoms with van der Waals surface area (Å²) < 4.78 is 177. The van der Waals surface area contributed by atoms with E-state index in [-0.39, 0.29) is 0 Å². The van der Waals surface area contributed by atoms with Crippen LogP contribution in [0.25, 0.3) is 0 Å². The number of sulfonamides is 1. The minimum atomic E-state index is -5.09. The Morgan fingerprint density at radius 2 is 1.94 bits per heavy atom. The second-order valence-corrected chi connectivity index (χ2v) is 7.95. The fourth-order valence-electron chi connectivity index (χ4n) is 2.26. The lowest BCUT2D eigenvalue weighted by Gasteiger charge is -2.22. The summed E-state index contributed by atoms with van der Waals surface area (Å²) in [5.74, 6) is -2.09. The van der Waals surface area contributed by atoms with E-state index in [9.17, 15) is 18.0 Å². The topological polar surface area (TPSA) is 114 Å². The molecule has 0 aliphatic heterocycles. The molecule has 0 aromatic heterocycles. The van der Waals surface area contributed by atoms with E-state index in [2.05, 4.69) is 0 Å². The molecule has 0 bridgehead atoms. The maximum Gasteiger partial charge on any atom is 0.328 e. The summed E-state index contributed by atoms with van der Waals surface area (Å²) in [5.41, 5.74) is -1.40. The Bertz CT molecular complexity index is 1850. The molecule has 0 atom stereocenters. The molecule has 0 radical (unpaired) electrons. The Morgan fingerprint density at radius 1 is 1.24 bits per heavy atom. The molecule has 33 heavy (non-hydrogen) atoms. The van der Waals surface area contributed by atoms with E-state index in [0.717, 1.165) is 19.2 Å². The molecule has 1 aliphatic carbocycles. The van der Waals surface area contributed by atoms with Gasteiger partial charge in [0.25, 0.3) is 15.9 Å². The Hall–Kier alpha value is -2.78. The minimum Gasteiger partial charge on any atom is -0.496 e. The van der Waals surface area contributed by atoms with Gasteiger partial charge < -0.3 is 15.4 Å². The molecule has 0 saturated heterocycles. The molecule has 3 N–H and O–H groups in total. The van der Waals surface area contributed by atoms with Gasteiger partial charge in [-0.2, -0.15) is 0 Å². The highest BCUT2D eigenvalue weighted by atomic mass is 35.5. The number of nitrogens with one attached hydrogen (secondary N) is 3. The molecule has 1 saturated carbocycles. The van der Waals surface area contributed by atoms with Crippen molar-refractivity contribution in [2.75, 3.05) is 13.6 Å². The van der Waals surface area contributed by atoms with Crippen molar-refractivity contribution in [3.05, 3.63) is 58.5 Å². The number of urea groups is 1. The first-order valence-electron chi connectivity index (χ1n) is 17.8. The van der Waals surface area contributed by atoms with Crippen molar-refractivity contribution in [2.24, 2.45) is 0 Å². The van der Waals surface area contributed by atoms with Crippen LogP contribution in [0.3, 0.4) is 0 Å². The molecule has 0 unspecified atom stereocenters. The van der Waals surface area contributed by atoms with Crippen molar-refractivity contribution in [3.8, 4) is 5.75 Å². The van der Waals surface area contributed by atoms with E-state index in [0.29, 0.717) is 12.1 Å². The van der Waals surface area contributed by atoms with Gasteiger partial charge >= 0.3 is 6.03 Å². The van der Waals surface area contributed by atoms with Gasteiger partial charge in [-0.3, -0.25) is 4.79 Å². The maximum absolute atomic E-state index is 13.0. The van der Waals surface area contributed by atoms with E-state index in [1.165, 1.54) is 10.0 Å². The van der Waals surface area contributed by atoms with Gasteiger partial charge in [-0.25, -0.2) is 17.9 Å². The van der Waals surface area contributed by atoms with Crippen molar-refractivity contribution < 1.29 is 47.4 Å². The Labute approximate surface area is 224 Å². The normalized spacial score (nSPS) is 31.8. The van der Waals surface area contributed by atoms with Crippen LogP contribution < -0.4 is 20.1 Å². The van der Waals surface area contributed by atoms with Crippen LogP contribution in [0.2, 0.25) is 5.02 Å². The minimum absolute atomic E-state index is 0.609. The van der Waals surface area contributed by atoms with Gasteiger partial charge in [-0.15, -0.1) is 0 Å². The first-order chi connectivity index (χ1) is 22.7. The number of rotatable bonds is 8. The fraction of sp³-hybridized carbons (Fsp3) is 0.391. The van der Waals surface area contributed by atoms with Crippen LogP contribution in [-0.4, -0.2) is 40.0 Å². The molecule has 1 aliphatic rings. The second kappa shape index (κ2) is 11.4. The number of halogens is 1. The molecule has 3 amide bonds. The molecule has 2 aromatic carbocycles. The lowest BCUT2D eigenvalue weighted by atomic mass is 9.96.